The maximum atomic E-state index is 13.3. The van der Waals surface area contributed by atoms with Gasteiger partial charge in [0.05, 0.1) is 12.0 Å². The van der Waals surface area contributed by atoms with Crippen molar-refractivity contribution in [3.8, 4) is 0 Å². The normalized spacial score (nSPS) is 18.7. The highest BCUT2D eigenvalue weighted by atomic mass is 16.3. The molecule has 2 aliphatic rings. The number of carbonyl (C=O) groups excluding carboxylic acids is 2. The van der Waals surface area contributed by atoms with Crippen LogP contribution in [0.4, 0.5) is 0 Å². The molecule has 1 aliphatic carbocycles. The van der Waals surface area contributed by atoms with Crippen molar-refractivity contribution in [1.82, 2.24) is 10.2 Å². The summed E-state index contributed by atoms with van der Waals surface area (Å²) in [7, 11) is 0. The number of amides is 2. The first-order chi connectivity index (χ1) is 14.1. The summed E-state index contributed by atoms with van der Waals surface area (Å²) >= 11 is 0. The van der Waals surface area contributed by atoms with Gasteiger partial charge in [0.1, 0.15) is 6.04 Å². The summed E-state index contributed by atoms with van der Waals surface area (Å²) in [5, 5.41) is 12.8. The number of carbonyl (C=O) groups is 2. The number of fused-ring (bicyclic) bond motifs is 1. The molecule has 0 spiro atoms. The summed E-state index contributed by atoms with van der Waals surface area (Å²) in [5.74, 6) is -0.359. The van der Waals surface area contributed by atoms with Crippen LogP contribution in [0.2, 0.25) is 0 Å². The van der Waals surface area contributed by atoms with E-state index < -0.39 is 18.1 Å². The van der Waals surface area contributed by atoms with Crippen molar-refractivity contribution >= 4 is 11.8 Å². The molecule has 152 valence electrons. The number of hydrogen-bond acceptors (Lipinski definition) is 3. The Morgan fingerprint density at radius 3 is 2.34 bits per heavy atom. The van der Waals surface area contributed by atoms with Crippen LogP contribution in [0, 0.1) is 0 Å². The summed E-state index contributed by atoms with van der Waals surface area (Å²) in [5.41, 5.74) is 2.77. The molecule has 0 radical (unpaired) electrons. The van der Waals surface area contributed by atoms with Gasteiger partial charge < -0.3 is 15.3 Å². The van der Waals surface area contributed by atoms with E-state index in [1.165, 1.54) is 5.56 Å². The lowest BCUT2D eigenvalue weighted by molar-refractivity contribution is -0.139. The topological polar surface area (TPSA) is 69.6 Å². The Labute approximate surface area is 171 Å². The molecular weight excluding hydrogens is 364 g/mol. The zero-order chi connectivity index (χ0) is 20.3. The van der Waals surface area contributed by atoms with Crippen molar-refractivity contribution in [2.75, 3.05) is 13.2 Å². The number of aliphatic hydroxyl groups excluding tert-OH is 1. The molecule has 1 fully saturated rings. The average Bonchev–Trinajstić information content (AvgIpc) is 3.28. The monoisotopic (exact) mass is 392 g/mol. The molecular formula is C24H28N2O3. The predicted molar refractivity (Wildman–Crippen MR) is 111 cm³/mol. The number of benzene rings is 2. The van der Waals surface area contributed by atoms with E-state index in [2.05, 4.69) is 11.4 Å². The van der Waals surface area contributed by atoms with Gasteiger partial charge in [0.25, 0.3) is 0 Å². The van der Waals surface area contributed by atoms with Crippen molar-refractivity contribution in [3.63, 3.8) is 0 Å². The lowest BCUT2D eigenvalue weighted by Gasteiger charge is -2.34. The molecule has 1 atom stereocenters. The predicted octanol–water partition coefficient (Wildman–Crippen LogP) is 2.56. The van der Waals surface area contributed by atoms with Crippen LogP contribution >= 0.6 is 0 Å². The Kier molecular flexibility index (Phi) is 5.67. The molecule has 1 unspecified atom stereocenters. The Morgan fingerprint density at radius 1 is 1.00 bits per heavy atom. The quantitative estimate of drug-likeness (QED) is 0.822. The van der Waals surface area contributed by atoms with Gasteiger partial charge >= 0.3 is 0 Å². The SMILES string of the molecule is O=C(C(CO)NC(=O)C1(c2ccccc2)CCCC1)N1CCc2ccccc2C1. The molecule has 5 nitrogen and oxygen atoms in total. The fourth-order valence-electron chi connectivity index (χ4n) is 4.77. The zero-order valence-electron chi connectivity index (χ0n) is 16.6. The Bertz CT molecular complexity index is 875. The summed E-state index contributed by atoms with van der Waals surface area (Å²) < 4.78 is 0. The van der Waals surface area contributed by atoms with Crippen LogP contribution in [0.25, 0.3) is 0 Å². The van der Waals surface area contributed by atoms with Gasteiger partial charge in [-0.25, -0.2) is 0 Å². The number of hydrogen-bond donors (Lipinski definition) is 2. The molecule has 29 heavy (non-hydrogen) atoms. The van der Waals surface area contributed by atoms with Crippen molar-refractivity contribution in [2.24, 2.45) is 0 Å². The van der Waals surface area contributed by atoms with Crippen molar-refractivity contribution < 1.29 is 14.7 Å². The van der Waals surface area contributed by atoms with E-state index in [4.69, 9.17) is 0 Å². The van der Waals surface area contributed by atoms with Crippen LogP contribution in [0.3, 0.4) is 0 Å². The molecule has 1 aliphatic heterocycles. The van der Waals surface area contributed by atoms with E-state index in [9.17, 15) is 14.7 Å². The lowest BCUT2D eigenvalue weighted by atomic mass is 9.78. The van der Waals surface area contributed by atoms with Gasteiger partial charge in [-0.1, -0.05) is 67.4 Å². The Hall–Kier alpha value is -2.66. The minimum absolute atomic E-state index is 0.147. The highest BCUT2D eigenvalue weighted by Crippen LogP contribution is 2.41. The molecule has 2 amide bonds. The smallest absolute Gasteiger partial charge is 0.247 e. The lowest BCUT2D eigenvalue weighted by Crippen LogP contribution is -2.55. The van der Waals surface area contributed by atoms with Crippen molar-refractivity contribution in [1.29, 1.82) is 0 Å². The van der Waals surface area contributed by atoms with E-state index in [1.807, 2.05) is 48.5 Å². The van der Waals surface area contributed by atoms with E-state index in [-0.39, 0.29) is 11.8 Å². The van der Waals surface area contributed by atoms with Gasteiger partial charge in [-0.2, -0.15) is 0 Å². The molecule has 5 heteroatoms. The molecule has 0 aromatic heterocycles. The number of nitrogens with zero attached hydrogens (tertiary/aromatic N) is 1. The summed E-state index contributed by atoms with van der Waals surface area (Å²) in [6.07, 6.45) is 4.31. The minimum atomic E-state index is -0.908. The molecule has 4 rings (SSSR count). The van der Waals surface area contributed by atoms with Gasteiger partial charge in [-0.15, -0.1) is 0 Å². The Morgan fingerprint density at radius 2 is 1.66 bits per heavy atom. The first-order valence-electron chi connectivity index (χ1n) is 10.5. The van der Waals surface area contributed by atoms with Crippen LogP contribution in [0.5, 0.6) is 0 Å². The maximum Gasteiger partial charge on any atom is 0.247 e. The van der Waals surface area contributed by atoms with E-state index in [0.717, 1.165) is 43.2 Å². The van der Waals surface area contributed by atoms with Crippen LogP contribution in [0.15, 0.2) is 54.6 Å². The van der Waals surface area contributed by atoms with Gasteiger partial charge in [-0.05, 0) is 36.0 Å². The molecule has 0 saturated heterocycles. The van der Waals surface area contributed by atoms with Crippen LogP contribution in [0.1, 0.15) is 42.4 Å². The fourth-order valence-corrected chi connectivity index (χ4v) is 4.77. The van der Waals surface area contributed by atoms with E-state index >= 15 is 0 Å². The Balaban J connectivity index is 1.50. The third kappa shape index (κ3) is 3.79. The first-order valence-corrected chi connectivity index (χ1v) is 10.5. The molecule has 2 N–H and O–H groups in total. The maximum absolute atomic E-state index is 13.3. The second kappa shape index (κ2) is 8.37. The van der Waals surface area contributed by atoms with Crippen molar-refractivity contribution in [3.05, 3.63) is 71.3 Å². The molecule has 0 bridgehead atoms. The fraction of sp³-hybridized carbons (Fsp3) is 0.417. The molecule has 1 heterocycles. The summed E-state index contributed by atoms with van der Waals surface area (Å²) in [4.78, 5) is 28.2. The van der Waals surface area contributed by atoms with Gasteiger partial charge in [0, 0.05) is 13.1 Å². The van der Waals surface area contributed by atoms with Crippen LogP contribution in [-0.2, 0) is 28.0 Å². The second-order valence-electron chi connectivity index (χ2n) is 8.14. The van der Waals surface area contributed by atoms with E-state index in [1.54, 1.807) is 4.90 Å². The third-order valence-electron chi connectivity index (χ3n) is 6.45. The molecule has 1 saturated carbocycles. The van der Waals surface area contributed by atoms with Gasteiger partial charge in [-0.3, -0.25) is 9.59 Å². The zero-order valence-corrected chi connectivity index (χ0v) is 16.6. The number of aliphatic hydroxyl groups is 1. The average molecular weight is 392 g/mol. The van der Waals surface area contributed by atoms with E-state index in [0.29, 0.717) is 13.1 Å². The number of nitrogens with one attached hydrogen (secondary N) is 1. The molecule has 2 aromatic rings. The highest BCUT2D eigenvalue weighted by Gasteiger charge is 2.44. The number of rotatable bonds is 5. The third-order valence-corrected chi connectivity index (χ3v) is 6.45. The minimum Gasteiger partial charge on any atom is -0.394 e. The highest BCUT2D eigenvalue weighted by molar-refractivity contribution is 5.93. The largest absolute Gasteiger partial charge is 0.394 e. The standard InChI is InChI=1S/C24H28N2O3/c27-17-21(22(28)26-15-12-18-8-4-5-9-19(18)16-26)25-23(29)24(13-6-7-14-24)20-10-2-1-3-11-20/h1-5,8-11,21,27H,6-7,12-17H2,(H,25,29). The van der Waals surface area contributed by atoms with Crippen LogP contribution in [-0.4, -0.2) is 41.0 Å². The molecule has 2 aromatic carbocycles. The summed E-state index contributed by atoms with van der Waals surface area (Å²) in [6.45, 7) is 0.727. The summed E-state index contributed by atoms with van der Waals surface area (Å²) in [6, 6.07) is 17.0. The second-order valence-corrected chi connectivity index (χ2v) is 8.14. The van der Waals surface area contributed by atoms with Gasteiger partial charge in [0.15, 0.2) is 0 Å². The van der Waals surface area contributed by atoms with Gasteiger partial charge in [0.2, 0.25) is 11.8 Å². The first kappa shape index (κ1) is 19.6. The van der Waals surface area contributed by atoms with Crippen molar-refractivity contribution in [2.45, 2.75) is 50.1 Å². The van der Waals surface area contributed by atoms with Crippen LogP contribution < -0.4 is 5.32 Å².